The Bertz CT molecular complexity index is 1450. The van der Waals surface area contributed by atoms with Gasteiger partial charge in [-0.2, -0.15) is 0 Å². The van der Waals surface area contributed by atoms with Crippen LogP contribution in [0, 0.1) is 0 Å². The first-order valence-electron chi connectivity index (χ1n) is 12.4. The fourth-order valence-electron chi connectivity index (χ4n) is 4.03. The molecule has 7 nitrogen and oxygen atoms in total. The van der Waals surface area contributed by atoms with Crippen molar-refractivity contribution in [1.82, 2.24) is 4.98 Å². The lowest BCUT2D eigenvalue weighted by atomic mass is 10.1. The number of nitrogens with one attached hydrogen (secondary N) is 1. The van der Waals surface area contributed by atoms with Crippen molar-refractivity contribution in [2.24, 2.45) is 0 Å². The summed E-state index contributed by atoms with van der Waals surface area (Å²) < 4.78 is 11.4. The number of nitrogens with zero attached hydrogens (tertiary/aromatic N) is 2. The van der Waals surface area contributed by atoms with Crippen LogP contribution in [0.2, 0.25) is 0 Å². The number of rotatable bonds is 9. The van der Waals surface area contributed by atoms with Crippen LogP contribution in [0.25, 0.3) is 17.3 Å². The van der Waals surface area contributed by atoms with Gasteiger partial charge in [-0.3, -0.25) is 14.9 Å². The van der Waals surface area contributed by atoms with Crippen molar-refractivity contribution >= 4 is 40.0 Å². The number of anilines is 2. The van der Waals surface area contributed by atoms with E-state index in [0.29, 0.717) is 24.0 Å². The van der Waals surface area contributed by atoms with Gasteiger partial charge < -0.3 is 14.4 Å². The van der Waals surface area contributed by atoms with Crippen LogP contribution < -0.4 is 19.7 Å². The second kappa shape index (κ2) is 11.7. The zero-order chi connectivity index (χ0) is 26.3. The van der Waals surface area contributed by atoms with Gasteiger partial charge in [-0.25, -0.2) is 4.98 Å². The zero-order valence-corrected chi connectivity index (χ0v) is 21.7. The summed E-state index contributed by atoms with van der Waals surface area (Å²) in [5.41, 5.74) is 4.31. The molecule has 1 aliphatic rings. The lowest BCUT2D eigenvalue weighted by Gasteiger charge is -2.29. The molecule has 4 aromatic rings. The predicted octanol–water partition coefficient (Wildman–Crippen LogP) is 6.18. The third-order valence-corrected chi connectivity index (χ3v) is 6.69. The number of aromatic nitrogens is 1. The fraction of sp³-hybridized carbons (Fsp3) is 0.167. The monoisotopic (exact) mass is 525 g/mol. The highest BCUT2D eigenvalue weighted by Crippen LogP contribution is 2.37. The number of thiazole rings is 1. The van der Waals surface area contributed by atoms with Crippen LogP contribution in [0.5, 0.6) is 11.5 Å². The van der Waals surface area contributed by atoms with Crippen LogP contribution in [0.3, 0.4) is 0 Å². The molecule has 1 aromatic heterocycles. The summed E-state index contributed by atoms with van der Waals surface area (Å²) in [5, 5.41) is 5.19. The topological polar surface area (TPSA) is 80.8 Å². The molecule has 5 rings (SSSR count). The van der Waals surface area contributed by atoms with Crippen molar-refractivity contribution in [3.63, 3.8) is 0 Å². The molecule has 2 amide bonds. The Hall–Kier alpha value is -4.43. The van der Waals surface area contributed by atoms with Gasteiger partial charge in [-0.1, -0.05) is 49.4 Å². The summed E-state index contributed by atoms with van der Waals surface area (Å²) in [7, 11) is 0. The quantitative estimate of drug-likeness (QED) is 0.264. The van der Waals surface area contributed by atoms with Crippen LogP contribution in [0.1, 0.15) is 24.5 Å². The zero-order valence-electron chi connectivity index (χ0n) is 20.9. The van der Waals surface area contributed by atoms with Crippen molar-refractivity contribution in [3.05, 3.63) is 95.4 Å². The molecule has 0 radical (unpaired) electrons. The standard InChI is InChI=1S/C30H27N3O4S/c1-2-16-33-26-17-23(11-14-27(26)37-19-29(33)35)25-20-38-30(31-25)32-28(34)15-10-21-8-12-24(13-9-21)36-18-22-6-4-3-5-7-22/h3-15,17,20H,2,16,18-19H2,1H3,(H,31,32,34)/b15-10+. The Morgan fingerprint density at radius 3 is 2.74 bits per heavy atom. The van der Waals surface area contributed by atoms with Gasteiger partial charge in [-0.15, -0.1) is 11.3 Å². The highest BCUT2D eigenvalue weighted by Gasteiger charge is 2.25. The predicted molar refractivity (Wildman–Crippen MR) is 151 cm³/mol. The number of amides is 2. The SMILES string of the molecule is CCCN1C(=O)COc2ccc(-c3csc(NC(=O)/C=C/c4ccc(OCc5ccccc5)cc4)n3)cc21. The van der Waals surface area contributed by atoms with Gasteiger partial charge in [0, 0.05) is 23.6 Å². The third-order valence-electron chi connectivity index (χ3n) is 5.93. The molecule has 0 atom stereocenters. The molecular weight excluding hydrogens is 498 g/mol. The summed E-state index contributed by atoms with van der Waals surface area (Å²) in [4.78, 5) is 31.1. The van der Waals surface area contributed by atoms with Gasteiger partial charge in [-0.05, 0) is 54.0 Å². The minimum Gasteiger partial charge on any atom is -0.489 e. The summed E-state index contributed by atoms with van der Waals surface area (Å²) >= 11 is 1.34. The number of carbonyl (C=O) groups excluding carboxylic acids is 2. The van der Waals surface area contributed by atoms with Gasteiger partial charge in [0.1, 0.15) is 18.1 Å². The normalized spacial score (nSPS) is 12.8. The number of ether oxygens (including phenoxy) is 2. The smallest absolute Gasteiger partial charge is 0.265 e. The first-order chi connectivity index (χ1) is 18.6. The van der Waals surface area contributed by atoms with Crippen molar-refractivity contribution in [1.29, 1.82) is 0 Å². The average molecular weight is 526 g/mol. The molecule has 3 aromatic carbocycles. The van der Waals surface area contributed by atoms with Gasteiger partial charge in [0.15, 0.2) is 11.7 Å². The molecule has 0 saturated heterocycles. The van der Waals surface area contributed by atoms with Gasteiger partial charge in [0.25, 0.3) is 5.91 Å². The summed E-state index contributed by atoms with van der Waals surface area (Å²) in [6.45, 7) is 3.22. The van der Waals surface area contributed by atoms with Crippen molar-refractivity contribution < 1.29 is 19.1 Å². The molecule has 0 spiro atoms. The van der Waals surface area contributed by atoms with E-state index in [1.54, 1.807) is 11.0 Å². The number of carbonyl (C=O) groups is 2. The molecule has 1 aliphatic heterocycles. The van der Waals surface area contributed by atoms with Crippen molar-refractivity contribution in [2.75, 3.05) is 23.4 Å². The van der Waals surface area contributed by atoms with Crippen molar-refractivity contribution in [3.8, 4) is 22.8 Å². The highest BCUT2D eigenvalue weighted by atomic mass is 32.1. The van der Waals surface area contributed by atoms with Crippen LogP contribution in [-0.4, -0.2) is 29.9 Å². The molecule has 0 fully saturated rings. The van der Waals surface area contributed by atoms with E-state index in [0.717, 1.165) is 40.2 Å². The van der Waals surface area contributed by atoms with E-state index in [9.17, 15) is 9.59 Å². The largest absolute Gasteiger partial charge is 0.489 e. The second-order valence-electron chi connectivity index (χ2n) is 8.72. The Balaban J connectivity index is 1.19. The van der Waals surface area contributed by atoms with E-state index in [2.05, 4.69) is 10.3 Å². The molecule has 0 unspecified atom stereocenters. The molecular formula is C30H27N3O4S. The van der Waals surface area contributed by atoms with Crippen LogP contribution in [0.15, 0.2) is 84.3 Å². The first kappa shape index (κ1) is 25.2. The van der Waals surface area contributed by atoms with Gasteiger partial charge in [0.2, 0.25) is 5.91 Å². The highest BCUT2D eigenvalue weighted by molar-refractivity contribution is 7.14. The Kier molecular flexibility index (Phi) is 7.80. The number of benzene rings is 3. The molecule has 0 saturated carbocycles. The van der Waals surface area contributed by atoms with Gasteiger partial charge in [0.05, 0.1) is 11.4 Å². The first-order valence-corrected chi connectivity index (χ1v) is 13.3. The summed E-state index contributed by atoms with van der Waals surface area (Å²) in [6.07, 6.45) is 4.07. The van der Waals surface area contributed by atoms with Crippen LogP contribution in [-0.2, 0) is 16.2 Å². The minimum absolute atomic E-state index is 0.0520. The molecule has 0 aliphatic carbocycles. The molecule has 1 N–H and O–H groups in total. The fourth-order valence-corrected chi connectivity index (χ4v) is 4.75. The number of hydrogen-bond donors (Lipinski definition) is 1. The molecule has 2 heterocycles. The van der Waals surface area contributed by atoms with E-state index in [1.165, 1.54) is 17.4 Å². The van der Waals surface area contributed by atoms with E-state index in [1.807, 2.05) is 85.1 Å². The van der Waals surface area contributed by atoms with E-state index < -0.39 is 0 Å². The van der Waals surface area contributed by atoms with E-state index in [4.69, 9.17) is 9.47 Å². The maximum Gasteiger partial charge on any atom is 0.265 e. The van der Waals surface area contributed by atoms with Crippen LogP contribution in [0.4, 0.5) is 10.8 Å². The lowest BCUT2D eigenvalue weighted by Crippen LogP contribution is -2.39. The average Bonchev–Trinajstić information content (AvgIpc) is 3.41. The Morgan fingerprint density at radius 2 is 1.95 bits per heavy atom. The maximum absolute atomic E-state index is 12.5. The molecule has 8 heteroatoms. The number of hydrogen-bond acceptors (Lipinski definition) is 6. The number of fused-ring (bicyclic) bond motifs is 1. The maximum atomic E-state index is 12.5. The van der Waals surface area contributed by atoms with E-state index >= 15 is 0 Å². The Morgan fingerprint density at radius 1 is 1.13 bits per heavy atom. The van der Waals surface area contributed by atoms with Gasteiger partial charge >= 0.3 is 0 Å². The lowest BCUT2D eigenvalue weighted by molar-refractivity contribution is -0.121. The third kappa shape index (κ3) is 6.10. The summed E-state index contributed by atoms with van der Waals surface area (Å²) in [5.74, 6) is 1.13. The molecule has 38 heavy (non-hydrogen) atoms. The van der Waals surface area contributed by atoms with E-state index in [-0.39, 0.29) is 18.4 Å². The van der Waals surface area contributed by atoms with Crippen LogP contribution >= 0.6 is 11.3 Å². The second-order valence-corrected chi connectivity index (χ2v) is 9.58. The Labute approximate surface area is 225 Å². The molecule has 0 bridgehead atoms. The summed E-state index contributed by atoms with van der Waals surface area (Å²) in [6, 6.07) is 23.2. The molecule has 192 valence electrons. The minimum atomic E-state index is -0.270. The van der Waals surface area contributed by atoms with Crippen molar-refractivity contribution in [2.45, 2.75) is 20.0 Å².